The molecule has 1 aliphatic heterocycles. The second-order valence-electron chi connectivity index (χ2n) is 5.59. The van der Waals surface area contributed by atoms with Crippen molar-refractivity contribution in [2.24, 2.45) is 0 Å². The van der Waals surface area contributed by atoms with Crippen LogP contribution in [0, 0.1) is 6.92 Å². The van der Waals surface area contributed by atoms with Gasteiger partial charge in [0.2, 0.25) is 5.91 Å². The van der Waals surface area contributed by atoms with E-state index < -0.39 is 0 Å². The van der Waals surface area contributed by atoms with E-state index in [0.717, 1.165) is 11.3 Å². The lowest BCUT2D eigenvalue weighted by Crippen LogP contribution is -2.42. The second kappa shape index (κ2) is 7.28. The van der Waals surface area contributed by atoms with Gasteiger partial charge in [-0.15, -0.1) is 0 Å². The van der Waals surface area contributed by atoms with Crippen molar-refractivity contribution in [3.8, 4) is 0 Å². The van der Waals surface area contributed by atoms with Crippen molar-refractivity contribution in [1.82, 2.24) is 19.9 Å². The Kier molecular flexibility index (Phi) is 4.92. The fraction of sp³-hybridized carbons (Fsp3) is 0.412. The first-order valence-electron chi connectivity index (χ1n) is 7.80. The molecule has 1 unspecified atom stereocenters. The topological polar surface area (TPSA) is 68.2 Å². The SMILES string of the molecule is Cc1nccc(C2CN(C(=O)CCc3cccnc3)CCO2)n1. The Bertz CT molecular complexity index is 663. The molecule has 2 aromatic rings. The molecule has 1 amide bonds. The van der Waals surface area contributed by atoms with Gasteiger partial charge in [0.15, 0.2) is 0 Å². The molecule has 1 fully saturated rings. The van der Waals surface area contributed by atoms with E-state index in [1.54, 1.807) is 18.6 Å². The van der Waals surface area contributed by atoms with E-state index in [0.29, 0.717) is 38.4 Å². The number of morpholine rings is 1. The van der Waals surface area contributed by atoms with Crippen LogP contribution in [0.25, 0.3) is 0 Å². The summed E-state index contributed by atoms with van der Waals surface area (Å²) >= 11 is 0. The predicted octanol–water partition coefficient (Wildman–Crippen LogP) is 1.71. The Balaban J connectivity index is 1.58. The lowest BCUT2D eigenvalue weighted by molar-refractivity contribution is -0.139. The van der Waals surface area contributed by atoms with Gasteiger partial charge in [0, 0.05) is 31.6 Å². The van der Waals surface area contributed by atoms with Crippen molar-refractivity contribution in [3.05, 3.63) is 53.9 Å². The zero-order chi connectivity index (χ0) is 16.1. The number of ether oxygens (including phenoxy) is 1. The molecule has 1 aliphatic rings. The van der Waals surface area contributed by atoms with Crippen LogP contribution in [0.15, 0.2) is 36.8 Å². The van der Waals surface area contributed by atoms with E-state index in [9.17, 15) is 4.79 Å². The largest absolute Gasteiger partial charge is 0.368 e. The second-order valence-corrected chi connectivity index (χ2v) is 5.59. The van der Waals surface area contributed by atoms with Crippen molar-refractivity contribution in [2.45, 2.75) is 25.9 Å². The summed E-state index contributed by atoms with van der Waals surface area (Å²) in [5.74, 6) is 0.860. The van der Waals surface area contributed by atoms with Gasteiger partial charge in [0.05, 0.1) is 18.8 Å². The molecule has 0 N–H and O–H groups in total. The number of aromatic nitrogens is 3. The monoisotopic (exact) mass is 312 g/mol. The lowest BCUT2D eigenvalue weighted by Gasteiger charge is -2.32. The van der Waals surface area contributed by atoms with Crippen LogP contribution in [0.2, 0.25) is 0 Å². The van der Waals surface area contributed by atoms with Crippen molar-refractivity contribution in [1.29, 1.82) is 0 Å². The van der Waals surface area contributed by atoms with Gasteiger partial charge < -0.3 is 9.64 Å². The number of nitrogens with zero attached hydrogens (tertiary/aromatic N) is 4. The highest BCUT2D eigenvalue weighted by Gasteiger charge is 2.26. The van der Waals surface area contributed by atoms with E-state index in [4.69, 9.17) is 4.74 Å². The minimum Gasteiger partial charge on any atom is -0.368 e. The van der Waals surface area contributed by atoms with Crippen LogP contribution in [0.5, 0.6) is 0 Å². The van der Waals surface area contributed by atoms with E-state index >= 15 is 0 Å². The standard InChI is InChI=1S/C17H20N4O2/c1-13-19-8-6-15(20-13)16-12-21(9-10-23-16)17(22)5-4-14-3-2-7-18-11-14/h2-3,6-8,11,16H,4-5,9-10,12H2,1H3. The average Bonchev–Trinajstić information content (AvgIpc) is 2.61. The van der Waals surface area contributed by atoms with Gasteiger partial charge in [0.1, 0.15) is 11.9 Å². The molecule has 0 radical (unpaired) electrons. The van der Waals surface area contributed by atoms with Crippen LogP contribution in [0.1, 0.15) is 29.6 Å². The maximum Gasteiger partial charge on any atom is 0.223 e. The van der Waals surface area contributed by atoms with Gasteiger partial charge in [-0.05, 0) is 31.0 Å². The van der Waals surface area contributed by atoms with E-state index in [1.165, 1.54) is 0 Å². The molecule has 0 bridgehead atoms. The summed E-state index contributed by atoms with van der Waals surface area (Å²) in [6, 6.07) is 5.73. The Hall–Kier alpha value is -2.34. The quantitative estimate of drug-likeness (QED) is 0.860. The third kappa shape index (κ3) is 4.10. The number of pyridine rings is 1. The van der Waals surface area contributed by atoms with Crippen LogP contribution < -0.4 is 0 Å². The fourth-order valence-corrected chi connectivity index (χ4v) is 2.66. The van der Waals surface area contributed by atoms with Crippen LogP contribution in [-0.2, 0) is 16.0 Å². The molecule has 3 rings (SSSR count). The Morgan fingerprint density at radius 2 is 2.30 bits per heavy atom. The molecular weight excluding hydrogens is 292 g/mol. The highest BCUT2D eigenvalue weighted by molar-refractivity contribution is 5.76. The average molecular weight is 312 g/mol. The summed E-state index contributed by atoms with van der Waals surface area (Å²) < 4.78 is 5.77. The Labute approximate surface area is 135 Å². The molecule has 23 heavy (non-hydrogen) atoms. The summed E-state index contributed by atoms with van der Waals surface area (Å²) in [4.78, 5) is 26.9. The summed E-state index contributed by atoms with van der Waals surface area (Å²) in [5, 5.41) is 0. The molecule has 3 heterocycles. The summed E-state index contributed by atoms with van der Waals surface area (Å²) in [6.07, 6.45) is 6.29. The smallest absolute Gasteiger partial charge is 0.223 e. The highest BCUT2D eigenvalue weighted by Crippen LogP contribution is 2.21. The number of amides is 1. The zero-order valence-electron chi connectivity index (χ0n) is 13.2. The molecule has 6 heteroatoms. The van der Waals surface area contributed by atoms with Crippen molar-refractivity contribution in [3.63, 3.8) is 0 Å². The summed E-state index contributed by atoms with van der Waals surface area (Å²) in [7, 11) is 0. The number of rotatable bonds is 4. The first-order chi connectivity index (χ1) is 11.2. The molecular formula is C17H20N4O2. The third-order valence-electron chi connectivity index (χ3n) is 3.90. The first-order valence-corrected chi connectivity index (χ1v) is 7.80. The number of hydrogen-bond donors (Lipinski definition) is 0. The Morgan fingerprint density at radius 1 is 1.39 bits per heavy atom. The van der Waals surface area contributed by atoms with E-state index in [1.807, 2.05) is 30.0 Å². The minimum absolute atomic E-state index is 0.146. The zero-order valence-corrected chi connectivity index (χ0v) is 13.2. The maximum absolute atomic E-state index is 12.4. The number of carbonyl (C=O) groups excluding carboxylic acids is 1. The maximum atomic E-state index is 12.4. The molecule has 0 aliphatic carbocycles. The van der Waals surface area contributed by atoms with Gasteiger partial charge >= 0.3 is 0 Å². The minimum atomic E-state index is -0.173. The van der Waals surface area contributed by atoms with Crippen LogP contribution in [0.4, 0.5) is 0 Å². The molecule has 6 nitrogen and oxygen atoms in total. The molecule has 0 spiro atoms. The van der Waals surface area contributed by atoms with Crippen molar-refractivity contribution < 1.29 is 9.53 Å². The van der Waals surface area contributed by atoms with Gasteiger partial charge in [0.25, 0.3) is 0 Å². The highest BCUT2D eigenvalue weighted by atomic mass is 16.5. The van der Waals surface area contributed by atoms with Crippen LogP contribution in [-0.4, -0.2) is 45.5 Å². The summed E-state index contributed by atoms with van der Waals surface area (Å²) in [5.41, 5.74) is 1.92. The predicted molar refractivity (Wildman–Crippen MR) is 84.6 cm³/mol. The number of hydrogen-bond acceptors (Lipinski definition) is 5. The van der Waals surface area contributed by atoms with E-state index in [2.05, 4.69) is 15.0 Å². The third-order valence-corrected chi connectivity index (χ3v) is 3.90. The number of carbonyl (C=O) groups is 1. The first kappa shape index (κ1) is 15.6. The number of aryl methyl sites for hydroxylation is 2. The molecule has 1 saturated heterocycles. The van der Waals surface area contributed by atoms with Crippen molar-refractivity contribution >= 4 is 5.91 Å². The fourth-order valence-electron chi connectivity index (χ4n) is 2.66. The van der Waals surface area contributed by atoms with Gasteiger partial charge in [-0.3, -0.25) is 9.78 Å². The van der Waals surface area contributed by atoms with Gasteiger partial charge in [-0.2, -0.15) is 0 Å². The molecule has 0 aromatic carbocycles. The lowest BCUT2D eigenvalue weighted by atomic mass is 10.1. The van der Waals surface area contributed by atoms with Crippen LogP contribution in [0.3, 0.4) is 0 Å². The molecule has 0 saturated carbocycles. The Morgan fingerprint density at radius 3 is 3.09 bits per heavy atom. The normalized spacial score (nSPS) is 18.0. The van der Waals surface area contributed by atoms with Gasteiger partial charge in [-0.1, -0.05) is 6.07 Å². The summed E-state index contributed by atoms with van der Waals surface area (Å²) in [6.45, 7) is 3.56. The molecule has 1 atom stereocenters. The molecule has 120 valence electrons. The van der Waals surface area contributed by atoms with Crippen molar-refractivity contribution in [2.75, 3.05) is 19.7 Å². The molecule has 2 aromatic heterocycles. The van der Waals surface area contributed by atoms with E-state index in [-0.39, 0.29) is 12.0 Å². The van der Waals surface area contributed by atoms with Gasteiger partial charge in [-0.25, -0.2) is 9.97 Å². The van der Waals surface area contributed by atoms with Crippen LogP contribution >= 0.6 is 0 Å².